The molecule has 0 spiro atoms. The van der Waals surface area contributed by atoms with Gasteiger partial charge in [-0.3, -0.25) is 0 Å². The first-order chi connectivity index (χ1) is 0. The summed E-state index contributed by atoms with van der Waals surface area (Å²) in [7, 11) is 0. The summed E-state index contributed by atoms with van der Waals surface area (Å²) in [5, 5.41) is 0. The quantitative estimate of drug-likeness (QED) is 0.368. The molecule has 0 aliphatic rings. The third-order valence-corrected chi connectivity index (χ3v) is 0. The second kappa shape index (κ2) is 180. The Bertz CT molecular complexity index is 25.8. The van der Waals surface area contributed by atoms with E-state index in [0.717, 1.165) is 0 Å². The van der Waals surface area contributed by atoms with Crippen molar-refractivity contribution < 1.29 is 88.5 Å². The predicted molar refractivity (Wildman–Crippen MR) is 45.3 cm³/mol. The van der Waals surface area contributed by atoms with Crippen LogP contribution in [0.5, 0.6) is 0 Å². The van der Waals surface area contributed by atoms with E-state index >= 15 is 0 Å². The van der Waals surface area contributed by atoms with E-state index in [0.29, 0.717) is 0 Å². The Morgan fingerprint density at radius 3 is 0.500 bits per heavy atom. The van der Waals surface area contributed by atoms with Gasteiger partial charge in [-0.05, 0) is 0 Å². The smallest absolute Gasteiger partial charge is 1.00 e. The molecule has 0 aliphatic heterocycles. The summed E-state index contributed by atoms with van der Waals surface area (Å²) in [5.74, 6) is 0. The molecule has 0 radical (unpaired) electrons. The van der Waals surface area contributed by atoms with Crippen LogP contribution in [0.15, 0.2) is 0 Å². The molecular weight excluding hydrogens is 230 g/mol. The molecule has 0 atom stereocenters. The van der Waals surface area contributed by atoms with Gasteiger partial charge in [0.25, 0.3) is 0 Å². The van der Waals surface area contributed by atoms with Crippen LogP contribution in [0.4, 0.5) is 0 Å². The summed E-state index contributed by atoms with van der Waals surface area (Å²) in [6.07, 6.45) is 0. The maximum absolute atomic E-state index is 0. The molecule has 0 bridgehead atoms. The molecule has 12 N–H and O–H groups in total. The standard InChI is InChI=1S/2ClH.K.Mg.6H2O.3H/h2*1H;;;6*1H2;;;/q;;+1;+2;;;;;;;3*-1. The molecule has 0 fully saturated rings. The Morgan fingerprint density at radius 1 is 0.500 bits per heavy atom. The van der Waals surface area contributed by atoms with E-state index in [4.69, 9.17) is 0 Å². The summed E-state index contributed by atoms with van der Waals surface area (Å²) in [6.45, 7) is 0. The van der Waals surface area contributed by atoms with E-state index in [-0.39, 0.29) is 136 Å². The monoisotopic (exact) mass is 246 g/mol. The van der Waals surface area contributed by atoms with Gasteiger partial charge in [0.15, 0.2) is 0 Å². The first-order valence-electron chi connectivity index (χ1n) is 0. The van der Waals surface area contributed by atoms with Crippen molar-refractivity contribution in [3.63, 3.8) is 0 Å². The van der Waals surface area contributed by atoms with Crippen molar-refractivity contribution in [1.29, 1.82) is 0 Å². The van der Waals surface area contributed by atoms with E-state index < -0.39 is 0 Å². The number of hydrogen-bond donors (Lipinski definition) is 0. The Labute approximate surface area is 134 Å². The second-order valence-corrected chi connectivity index (χ2v) is 0. The molecule has 70 valence electrons. The van der Waals surface area contributed by atoms with Crippen molar-refractivity contribution >= 4 is 47.9 Å². The molecule has 0 saturated carbocycles. The number of rotatable bonds is 0. The molecule has 0 saturated heterocycles. The van der Waals surface area contributed by atoms with Gasteiger partial charge in [0, 0.05) is 0 Å². The minimum Gasteiger partial charge on any atom is -1.00 e. The molecule has 0 rings (SSSR count). The van der Waals surface area contributed by atoms with E-state index in [2.05, 4.69) is 0 Å². The molecule has 0 aromatic heterocycles. The fraction of sp³-hybridized carbons (Fsp3) is 0. The Balaban J connectivity index is 0. The van der Waals surface area contributed by atoms with Crippen LogP contribution in [0.3, 0.4) is 0 Å². The van der Waals surface area contributed by atoms with E-state index in [1.165, 1.54) is 0 Å². The zero-order chi connectivity index (χ0) is 0. The third-order valence-electron chi connectivity index (χ3n) is 0. The van der Waals surface area contributed by atoms with Crippen molar-refractivity contribution in [2.24, 2.45) is 0 Å². The van der Waals surface area contributed by atoms with Gasteiger partial charge in [0.05, 0.1) is 0 Å². The summed E-state index contributed by atoms with van der Waals surface area (Å²) >= 11 is 0. The van der Waals surface area contributed by atoms with Gasteiger partial charge in [-0.15, -0.1) is 24.8 Å². The van der Waals surface area contributed by atoms with E-state index in [1.54, 1.807) is 0 Å². The predicted octanol–water partition coefficient (Wildman–Crippen LogP) is -7.14. The van der Waals surface area contributed by atoms with Crippen molar-refractivity contribution in [3.05, 3.63) is 0 Å². The van der Waals surface area contributed by atoms with Gasteiger partial charge < -0.3 is 37.1 Å². The van der Waals surface area contributed by atoms with E-state index in [9.17, 15) is 0 Å². The van der Waals surface area contributed by atoms with Crippen LogP contribution >= 0.6 is 24.8 Å². The number of halogens is 2. The summed E-state index contributed by atoms with van der Waals surface area (Å²) in [6, 6.07) is 0. The minimum absolute atomic E-state index is 0. The average molecular weight is 247 g/mol. The molecular formula is H17Cl2KMgO6. The third kappa shape index (κ3) is 136. The zero-order valence-corrected chi connectivity index (χ0v) is 11.7. The van der Waals surface area contributed by atoms with Crippen molar-refractivity contribution in [2.45, 2.75) is 0 Å². The zero-order valence-electron chi connectivity index (χ0n) is 8.52. The van der Waals surface area contributed by atoms with Gasteiger partial charge in [-0.25, -0.2) is 0 Å². The molecule has 0 aromatic rings. The molecule has 10 heavy (non-hydrogen) atoms. The van der Waals surface area contributed by atoms with Crippen LogP contribution in [0.25, 0.3) is 0 Å². The van der Waals surface area contributed by atoms with Gasteiger partial charge in [-0.2, -0.15) is 0 Å². The molecule has 10 heteroatoms. The van der Waals surface area contributed by atoms with Crippen molar-refractivity contribution in [3.8, 4) is 0 Å². The summed E-state index contributed by atoms with van der Waals surface area (Å²) in [5.41, 5.74) is 0. The molecule has 0 heterocycles. The SMILES string of the molecule is Cl.Cl.O.O.O.O.O.O.[H-].[H-].[H-].[K+].[Mg+2]. The minimum atomic E-state index is 0. The molecule has 0 unspecified atom stereocenters. The normalized spacial score (nSPS) is 0. The summed E-state index contributed by atoms with van der Waals surface area (Å²) < 4.78 is 0. The Hall–Kier alpha value is 2.74. The van der Waals surface area contributed by atoms with Crippen LogP contribution in [-0.4, -0.2) is 55.9 Å². The second-order valence-electron chi connectivity index (χ2n) is 0. The molecule has 0 amide bonds. The van der Waals surface area contributed by atoms with Crippen LogP contribution in [-0.2, 0) is 0 Å². The maximum Gasteiger partial charge on any atom is 2.00 e. The largest absolute Gasteiger partial charge is 2.00 e. The average Bonchev–Trinajstić information content (AvgIpc) is 0. The van der Waals surface area contributed by atoms with Gasteiger partial charge in [-0.1, -0.05) is 0 Å². The fourth-order valence-corrected chi connectivity index (χ4v) is 0. The van der Waals surface area contributed by atoms with Gasteiger partial charge >= 0.3 is 74.4 Å². The van der Waals surface area contributed by atoms with Crippen LogP contribution in [0, 0.1) is 0 Å². The van der Waals surface area contributed by atoms with Gasteiger partial charge in [0.2, 0.25) is 0 Å². The Morgan fingerprint density at radius 2 is 0.500 bits per heavy atom. The topological polar surface area (TPSA) is 189 Å². The van der Waals surface area contributed by atoms with Crippen LogP contribution in [0.2, 0.25) is 0 Å². The molecule has 6 nitrogen and oxygen atoms in total. The van der Waals surface area contributed by atoms with Crippen molar-refractivity contribution in [1.82, 2.24) is 0 Å². The molecule has 0 aliphatic carbocycles. The fourth-order valence-electron chi connectivity index (χ4n) is 0. The van der Waals surface area contributed by atoms with Crippen LogP contribution in [0.1, 0.15) is 4.28 Å². The Kier molecular flexibility index (Phi) is 4210. The first kappa shape index (κ1) is 234. The number of hydrogen-bond acceptors (Lipinski definition) is 0. The maximum atomic E-state index is 0. The van der Waals surface area contributed by atoms with Crippen molar-refractivity contribution in [2.75, 3.05) is 0 Å². The first-order valence-corrected chi connectivity index (χ1v) is 0. The summed E-state index contributed by atoms with van der Waals surface area (Å²) in [4.78, 5) is 0. The van der Waals surface area contributed by atoms with E-state index in [1.807, 2.05) is 0 Å². The van der Waals surface area contributed by atoms with Crippen LogP contribution < -0.4 is 51.4 Å². The molecule has 0 aromatic carbocycles. The van der Waals surface area contributed by atoms with Gasteiger partial charge in [0.1, 0.15) is 0 Å².